The zero-order chi connectivity index (χ0) is 15.0. The van der Waals surface area contributed by atoms with Crippen molar-refractivity contribution in [3.63, 3.8) is 0 Å². The number of amides is 1. The van der Waals surface area contributed by atoms with Gasteiger partial charge in [0.15, 0.2) is 0 Å². The van der Waals surface area contributed by atoms with Crippen molar-refractivity contribution in [2.24, 2.45) is 0 Å². The average molecular weight is 295 g/mol. The Bertz CT molecular complexity index is 636. The summed E-state index contributed by atoms with van der Waals surface area (Å²) < 4.78 is 31.0. The first-order chi connectivity index (χ1) is 9.31. The van der Waals surface area contributed by atoms with Gasteiger partial charge in [-0.2, -0.15) is 4.31 Å². The van der Waals surface area contributed by atoms with Crippen LogP contribution in [0.4, 0.5) is 4.79 Å². The summed E-state index contributed by atoms with van der Waals surface area (Å²) in [5.41, 5.74) is -0.0318. The van der Waals surface area contributed by atoms with Gasteiger partial charge in [-0.05, 0) is 26.0 Å². The molecule has 1 aromatic rings. The number of ether oxygens (including phenoxy) is 1. The lowest BCUT2D eigenvalue weighted by atomic mass is 9.98. The molecule has 1 atom stereocenters. The molecule has 1 heterocycles. The van der Waals surface area contributed by atoms with E-state index < -0.39 is 21.7 Å². The zero-order valence-electron chi connectivity index (χ0n) is 11.5. The Labute approximate surface area is 118 Å². The van der Waals surface area contributed by atoms with Gasteiger partial charge in [0.1, 0.15) is 0 Å². The second kappa shape index (κ2) is 4.94. The molecule has 108 valence electrons. The Hall–Kier alpha value is -1.82. The normalized spacial score (nSPS) is 23.3. The van der Waals surface area contributed by atoms with Crippen LogP contribution < -0.4 is 0 Å². The van der Waals surface area contributed by atoms with Gasteiger partial charge in [0, 0.05) is 6.42 Å². The minimum absolute atomic E-state index is 0.0648. The molecule has 0 N–H and O–H groups in total. The van der Waals surface area contributed by atoms with Crippen LogP contribution in [-0.4, -0.2) is 31.0 Å². The molecule has 0 radical (unpaired) electrons. The van der Waals surface area contributed by atoms with Crippen LogP contribution in [0.5, 0.6) is 0 Å². The summed E-state index contributed by atoms with van der Waals surface area (Å²) in [6.45, 7) is 7.35. The minimum atomic E-state index is -3.96. The van der Waals surface area contributed by atoms with E-state index in [1.807, 2.05) is 6.92 Å². The third kappa shape index (κ3) is 2.31. The molecular weight excluding hydrogens is 278 g/mol. The molecule has 5 nitrogen and oxygen atoms in total. The molecule has 6 heteroatoms. The molecule has 0 saturated carbocycles. The summed E-state index contributed by atoms with van der Waals surface area (Å²) >= 11 is 0. The van der Waals surface area contributed by atoms with Crippen LogP contribution in [-0.2, 0) is 14.8 Å². The van der Waals surface area contributed by atoms with E-state index in [0.29, 0.717) is 6.42 Å². The van der Waals surface area contributed by atoms with Gasteiger partial charge in [-0.3, -0.25) is 0 Å². The smallest absolute Gasteiger partial charge is 0.424 e. The molecule has 1 unspecified atom stereocenters. The quantitative estimate of drug-likeness (QED) is 0.804. The first-order valence-electron chi connectivity index (χ1n) is 6.24. The highest BCUT2D eigenvalue weighted by Crippen LogP contribution is 2.32. The van der Waals surface area contributed by atoms with Crippen LogP contribution >= 0.6 is 0 Å². The molecule has 2 rings (SSSR count). The van der Waals surface area contributed by atoms with E-state index >= 15 is 0 Å². The van der Waals surface area contributed by atoms with Crippen molar-refractivity contribution in [2.75, 3.05) is 6.61 Å². The number of carbonyl (C=O) groups excluding carboxylic acids is 1. The molecule has 0 aliphatic carbocycles. The number of hydrogen-bond acceptors (Lipinski definition) is 4. The number of benzene rings is 1. The van der Waals surface area contributed by atoms with E-state index in [9.17, 15) is 13.2 Å². The first-order valence-corrected chi connectivity index (χ1v) is 7.68. The third-order valence-electron chi connectivity index (χ3n) is 3.46. The molecule has 0 bridgehead atoms. The Balaban J connectivity index is 2.53. The van der Waals surface area contributed by atoms with Crippen molar-refractivity contribution in [3.05, 3.63) is 42.5 Å². The number of aryl methyl sites for hydroxylation is 1. The predicted molar refractivity (Wildman–Crippen MR) is 74.8 cm³/mol. The topological polar surface area (TPSA) is 63.7 Å². The number of cyclic esters (lactones) is 1. The zero-order valence-corrected chi connectivity index (χ0v) is 12.3. The van der Waals surface area contributed by atoms with Crippen molar-refractivity contribution in [2.45, 2.75) is 30.7 Å². The van der Waals surface area contributed by atoms with Crippen LogP contribution in [0.25, 0.3) is 0 Å². The SMILES string of the molecule is C=CC1(C)CCOC(=O)N1S(=O)(=O)c1ccc(C)cc1. The molecule has 1 fully saturated rings. The van der Waals surface area contributed by atoms with Crippen molar-refractivity contribution in [1.82, 2.24) is 4.31 Å². The lowest BCUT2D eigenvalue weighted by Gasteiger charge is -2.40. The second-order valence-electron chi connectivity index (χ2n) is 5.01. The van der Waals surface area contributed by atoms with E-state index in [-0.39, 0.29) is 11.5 Å². The fourth-order valence-corrected chi connectivity index (χ4v) is 3.74. The number of carbonyl (C=O) groups is 1. The Morgan fingerprint density at radius 1 is 1.35 bits per heavy atom. The van der Waals surface area contributed by atoms with Crippen LogP contribution in [0.2, 0.25) is 0 Å². The summed E-state index contributed by atoms with van der Waals surface area (Å²) in [5, 5.41) is 0. The first kappa shape index (κ1) is 14.6. The number of nitrogens with zero attached hydrogens (tertiary/aromatic N) is 1. The lowest BCUT2D eigenvalue weighted by Crippen LogP contribution is -2.55. The highest BCUT2D eigenvalue weighted by atomic mass is 32.2. The molecule has 20 heavy (non-hydrogen) atoms. The van der Waals surface area contributed by atoms with E-state index in [1.165, 1.54) is 18.2 Å². The van der Waals surface area contributed by atoms with E-state index in [2.05, 4.69) is 6.58 Å². The fraction of sp³-hybridized carbons (Fsp3) is 0.357. The summed E-state index contributed by atoms with van der Waals surface area (Å²) in [6.07, 6.45) is 0.992. The van der Waals surface area contributed by atoms with Gasteiger partial charge < -0.3 is 4.74 Å². The summed E-state index contributed by atoms with van der Waals surface area (Å²) in [5.74, 6) is 0. The Morgan fingerprint density at radius 3 is 2.50 bits per heavy atom. The maximum atomic E-state index is 12.7. The van der Waals surface area contributed by atoms with Crippen LogP contribution in [0.1, 0.15) is 18.9 Å². The highest BCUT2D eigenvalue weighted by molar-refractivity contribution is 7.89. The van der Waals surface area contributed by atoms with Crippen molar-refractivity contribution in [3.8, 4) is 0 Å². The summed E-state index contributed by atoms with van der Waals surface area (Å²) in [4.78, 5) is 12.0. The van der Waals surface area contributed by atoms with Crippen LogP contribution in [0, 0.1) is 6.92 Å². The summed E-state index contributed by atoms with van der Waals surface area (Å²) in [6, 6.07) is 6.34. The predicted octanol–water partition coefficient (Wildman–Crippen LogP) is 2.47. The molecule has 0 aromatic heterocycles. The van der Waals surface area contributed by atoms with Gasteiger partial charge in [-0.25, -0.2) is 13.2 Å². The second-order valence-corrected chi connectivity index (χ2v) is 6.79. The van der Waals surface area contributed by atoms with Gasteiger partial charge in [0.05, 0.1) is 17.0 Å². The van der Waals surface area contributed by atoms with E-state index in [1.54, 1.807) is 19.1 Å². The van der Waals surface area contributed by atoms with Gasteiger partial charge in [0.25, 0.3) is 10.0 Å². The van der Waals surface area contributed by atoms with E-state index in [4.69, 9.17) is 4.74 Å². The molecule has 1 aromatic carbocycles. The number of sulfonamides is 1. The Morgan fingerprint density at radius 2 is 1.95 bits per heavy atom. The molecule has 1 aliphatic heterocycles. The third-order valence-corrected chi connectivity index (χ3v) is 5.38. The Kier molecular flexibility index (Phi) is 3.60. The van der Waals surface area contributed by atoms with Crippen LogP contribution in [0.15, 0.2) is 41.8 Å². The van der Waals surface area contributed by atoms with Crippen molar-refractivity contribution >= 4 is 16.1 Å². The maximum absolute atomic E-state index is 12.7. The molecule has 0 spiro atoms. The highest BCUT2D eigenvalue weighted by Gasteiger charge is 2.46. The van der Waals surface area contributed by atoms with Crippen molar-refractivity contribution < 1.29 is 17.9 Å². The minimum Gasteiger partial charge on any atom is -0.449 e. The van der Waals surface area contributed by atoms with Crippen LogP contribution in [0.3, 0.4) is 0 Å². The van der Waals surface area contributed by atoms with Gasteiger partial charge in [-0.15, -0.1) is 6.58 Å². The van der Waals surface area contributed by atoms with Gasteiger partial charge >= 0.3 is 6.09 Å². The number of rotatable bonds is 3. The van der Waals surface area contributed by atoms with Gasteiger partial charge in [-0.1, -0.05) is 23.8 Å². The number of hydrogen-bond donors (Lipinski definition) is 0. The standard InChI is InChI=1S/C14H17NO4S/c1-4-14(3)9-10-19-13(16)15(14)20(17,18)12-7-5-11(2)6-8-12/h4-8H,1,9-10H2,2-3H3. The molecule has 1 aliphatic rings. The maximum Gasteiger partial charge on any atom is 0.424 e. The van der Waals surface area contributed by atoms with Crippen molar-refractivity contribution in [1.29, 1.82) is 0 Å². The van der Waals surface area contributed by atoms with Gasteiger partial charge in [0.2, 0.25) is 0 Å². The lowest BCUT2D eigenvalue weighted by molar-refractivity contribution is 0.0621. The molecule has 1 saturated heterocycles. The monoisotopic (exact) mass is 295 g/mol. The average Bonchev–Trinajstić information content (AvgIpc) is 2.38. The summed E-state index contributed by atoms with van der Waals surface area (Å²) in [7, 11) is -3.96. The fourth-order valence-electron chi connectivity index (χ4n) is 2.09. The van der Waals surface area contributed by atoms with E-state index in [0.717, 1.165) is 9.87 Å². The largest absolute Gasteiger partial charge is 0.449 e. The molecular formula is C14H17NO4S. The molecule has 1 amide bonds.